The molecule has 2 N–H and O–H groups in total. The lowest BCUT2D eigenvalue weighted by Gasteiger charge is -2.40. The number of nitrogens with zero attached hydrogens (tertiary/aromatic N) is 1. The number of rotatable bonds is 3. The lowest BCUT2D eigenvalue weighted by atomic mass is 9.71. The Bertz CT molecular complexity index is 180. The molecule has 0 aromatic carbocycles. The van der Waals surface area contributed by atoms with Crippen LogP contribution in [0.3, 0.4) is 0 Å². The minimum atomic E-state index is -0.703. The van der Waals surface area contributed by atoms with Crippen LogP contribution in [0.5, 0.6) is 0 Å². The van der Waals surface area contributed by atoms with E-state index in [-0.39, 0.29) is 12.0 Å². The average molecular weight is 187 g/mol. The molecule has 0 radical (unpaired) electrons. The summed E-state index contributed by atoms with van der Waals surface area (Å²) in [6.45, 7) is 5.65. The van der Waals surface area contributed by atoms with Crippen molar-refractivity contribution in [3.8, 4) is 0 Å². The van der Waals surface area contributed by atoms with Crippen molar-refractivity contribution in [1.29, 1.82) is 0 Å². The highest BCUT2D eigenvalue weighted by atomic mass is 16.3. The van der Waals surface area contributed by atoms with E-state index in [9.17, 15) is 10.2 Å². The third kappa shape index (κ3) is 1.73. The van der Waals surface area contributed by atoms with Crippen molar-refractivity contribution in [3.63, 3.8) is 0 Å². The van der Waals surface area contributed by atoms with E-state index in [0.717, 1.165) is 19.4 Å². The molecule has 0 aromatic heterocycles. The summed E-state index contributed by atoms with van der Waals surface area (Å²) in [6.07, 6.45) is 1.59. The maximum absolute atomic E-state index is 10.4. The molecule has 2 unspecified atom stereocenters. The Morgan fingerprint density at radius 1 is 1.54 bits per heavy atom. The summed E-state index contributed by atoms with van der Waals surface area (Å²) >= 11 is 0. The Morgan fingerprint density at radius 2 is 2.15 bits per heavy atom. The molecule has 0 aromatic rings. The average Bonchev–Trinajstić information content (AvgIpc) is 2.46. The fraction of sp³-hybridized carbons (Fsp3) is 1.00. The number of hydrogen-bond donors (Lipinski definition) is 2. The van der Waals surface area contributed by atoms with Gasteiger partial charge in [-0.25, -0.2) is 0 Å². The van der Waals surface area contributed by atoms with Crippen LogP contribution in [0.2, 0.25) is 0 Å². The van der Waals surface area contributed by atoms with Crippen LogP contribution in [-0.4, -0.2) is 47.5 Å². The van der Waals surface area contributed by atoms with E-state index >= 15 is 0 Å². The van der Waals surface area contributed by atoms with Crippen LogP contribution in [0.15, 0.2) is 0 Å². The summed E-state index contributed by atoms with van der Waals surface area (Å²) in [5.41, 5.74) is -1.05. The van der Waals surface area contributed by atoms with E-state index in [0.29, 0.717) is 6.54 Å². The van der Waals surface area contributed by atoms with Crippen molar-refractivity contribution in [2.45, 2.75) is 32.3 Å². The first-order chi connectivity index (χ1) is 5.97. The SMILES string of the molecule is CCC(C)(CO)C1(O)CCN(C)C1. The van der Waals surface area contributed by atoms with E-state index < -0.39 is 5.60 Å². The molecule has 78 valence electrons. The number of likely N-dealkylation sites (N-methyl/N-ethyl adjacent to an activating group) is 1. The van der Waals surface area contributed by atoms with Gasteiger partial charge in [-0.15, -0.1) is 0 Å². The Labute approximate surface area is 80.4 Å². The standard InChI is InChI=1S/C10H21NO2/c1-4-9(2,8-12)10(13)5-6-11(3)7-10/h12-13H,4-8H2,1-3H3. The third-order valence-electron chi connectivity index (χ3n) is 3.69. The van der Waals surface area contributed by atoms with Crippen LogP contribution in [0, 0.1) is 5.41 Å². The molecular weight excluding hydrogens is 166 g/mol. The minimum absolute atomic E-state index is 0.0633. The van der Waals surface area contributed by atoms with Crippen molar-refractivity contribution in [2.24, 2.45) is 5.41 Å². The van der Waals surface area contributed by atoms with Crippen molar-refractivity contribution in [2.75, 3.05) is 26.7 Å². The molecule has 3 nitrogen and oxygen atoms in total. The van der Waals surface area contributed by atoms with Gasteiger partial charge in [-0.05, 0) is 19.9 Å². The van der Waals surface area contributed by atoms with Crippen LogP contribution in [0.1, 0.15) is 26.7 Å². The van der Waals surface area contributed by atoms with E-state index in [1.165, 1.54) is 0 Å². The second-order valence-corrected chi connectivity index (χ2v) is 4.59. The lowest BCUT2D eigenvalue weighted by molar-refractivity contribution is -0.0925. The molecule has 1 rings (SSSR count). The number of aliphatic hydroxyl groups is 2. The van der Waals surface area contributed by atoms with Gasteiger partial charge in [0.15, 0.2) is 0 Å². The molecule has 0 spiro atoms. The Morgan fingerprint density at radius 3 is 2.46 bits per heavy atom. The second kappa shape index (κ2) is 3.56. The summed E-state index contributed by atoms with van der Waals surface area (Å²) in [5.74, 6) is 0. The minimum Gasteiger partial charge on any atom is -0.396 e. The van der Waals surface area contributed by atoms with E-state index in [1.807, 2.05) is 20.9 Å². The van der Waals surface area contributed by atoms with Gasteiger partial charge in [0.2, 0.25) is 0 Å². The topological polar surface area (TPSA) is 43.7 Å². The van der Waals surface area contributed by atoms with Gasteiger partial charge in [-0.2, -0.15) is 0 Å². The van der Waals surface area contributed by atoms with Crippen molar-refractivity contribution >= 4 is 0 Å². The van der Waals surface area contributed by atoms with Gasteiger partial charge in [-0.1, -0.05) is 13.8 Å². The van der Waals surface area contributed by atoms with E-state index in [2.05, 4.69) is 4.90 Å². The molecule has 1 aliphatic heterocycles. The largest absolute Gasteiger partial charge is 0.396 e. The zero-order valence-corrected chi connectivity index (χ0v) is 8.88. The lowest BCUT2D eigenvalue weighted by Crippen LogP contribution is -2.50. The molecule has 0 bridgehead atoms. The van der Waals surface area contributed by atoms with Gasteiger partial charge in [0.05, 0.1) is 12.2 Å². The highest BCUT2D eigenvalue weighted by molar-refractivity contribution is 5.00. The zero-order chi connectivity index (χ0) is 10.1. The van der Waals surface area contributed by atoms with Gasteiger partial charge < -0.3 is 15.1 Å². The fourth-order valence-electron chi connectivity index (χ4n) is 2.06. The quantitative estimate of drug-likeness (QED) is 0.674. The smallest absolute Gasteiger partial charge is 0.0861 e. The maximum atomic E-state index is 10.4. The van der Waals surface area contributed by atoms with Crippen molar-refractivity contribution in [3.05, 3.63) is 0 Å². The normalized spacial score (nSPS) is 34.8. The number of hydrogen-bond acceptors (Lipinski definition) is 3. The number of aliphatic hydroxyl groups excluding tert-OH is 1. The van der Waals surface area contributed by atoms with Gasteiger partial charge in [0, 0.05) is 18.5 Å². The Balaban J connectivity index is 2.78. The molecule has 0 amide bonds. The van der Waals surface area contributed by atoms with E-state index in [1.54, 1.807) is 0 Å². The first-order valence-corrected chi connectivity index (χ1v) is 4.99. The molecule has 1 heterocycles. The van der Waals surface area contributed by atoms with Gasteiger partial charge >= 0.3 is 0 Å². The number of β-amino-alcohol motifs (C(OH)–C–C–N with tert-alkyl or cyclic N) is 1. The monoisotopic (exact) mass is 187 g/mol. The first kappa shape index (κ1) is 11.0. The fourth-order valence-corrected chi connectivity index (χ4v) is 2.06. The van der Waals surface area contributed by atoms with Crippen LogP contribution in [-0.2, 0) is 0 Å². The van der Waals surface area contributed by atoms with E-state index in [4.69, 9.17) is 0 Å². The molecular formula is C10H21NO2. The molecule has 0 saturated carbocycles. The van der Waals surface area contributed by atoms with Crippen LogP contribution in [0.4, 0.5) is 0 Å². The third-order valence-corrected chi connectivity index (χ3v) is 3.69. The van der Waals surface area contributed by atoms with Gasteiger partial charge in [-0.3, -0.25) is 0 Å². The molecule has 3 heteroatoms. The van der Waals surface area contributed by atoms with Crippen LogP contribution >= 0.6 is 0 Å². The molecule has 13 heavy (non-hydrogen) atoms. The maximum Gasteiger partial charge on any atom is 0.0861 e. The van der Waals surface area contributed by atoms with Crippen molar-refractivity contribution in [1.82, 2.24) is 4.90 Å². The zero-order valence-electron chi connectivity index (χ0n) is 8.88. The summed E-state index contributed by atoms with van der Waals surface area (Å²) in [7, 11) is 2.01. The second-order valence-electron chi connectivity index (χ2n) is 4.59. The summed E-state index contributed by atoms with van der Waals surface area (Å²) in [5, 5.41) is 19.7. The molecule has 1 saturated heterocycles. The molecule has 0 aliphatic carbocycles. The molecule has 2 atom stereocenters. The predicted octanol–water partition coefficient (Wildman–Crippen LogP) is 0.462. The summed E-state index contributed by atoms with van der Waals surface area (Å²) < 4.78 is 0. The van der Waals surface area contributed by atoms with Crippen LogP contribution < -0.4 is 0 Å². The first-order valence-electron chi connectivity index (χ1n) is 4.99. The Kier molecular flexibility index (Phi) is 3.00. The Hall–Kier alpha value is -0.120. The van der Waals surface area contributed by atoms with Crippen molar-refractivity contribution < 1.29 is 10.2 Å². The summed E-state index contributed by atoms with van der Waals surface area (Å²) in [4.78, 5) is 2.11. The number of likely N-dealkylation sites (tertiary alicyclic amines) is 1. The van der Waals surface area contributed by atoms with Gasteiger partial charge in [0.1, 0.15) is 0 Å². The summed E-state index contributed by atoms with van der Waals surface area (Å²) in [6, 6.07) is 0. The highest BCUT2D eigenvalue weighted by Gasteiger charge is 2.48. The molecule has 1 fully saturated rings. The van der Waals surface area contributed by atoms with Gasteiger partial charge in [0.25, 0.3) is 0 Å². The molecule has 1 aliphatic rings. The van der Waals surface area contributed by atoms with Crippen LogP contribution in [0.25, 0.3) is 0 Å². The predicted molar refractivity (Wildman–Crippen MR) is 52.5 cm³/mol. The highest BCUT2D eigenvalue weighted by Crippen LogP contribution is 2.40.